The maximum Gasteiger partial charge on any atom is 0.264 e. The molecular weight excluding hydrogens is 367 g/mol. The summed E-state index contributed by atoms with van der Waals surface area (Å²) >= 11 is 4.39. The standard InChI is InChI=1S/C16H10BrFN2OS/c17-12-8-10(6-7-13(12)18)9-14-15(21)20-16(22-14)19-11-4-2-1-3-5-11/h1-9H,(H,19,20,21). The van der Waals surface area contributed by atoms with E-state index >= 15 is 0 Å². The van der Waals surface area contributed by atoms with Crippen molar-refractivity contribution in [3.8, 4) is 0 Å². The minimum absolute atomic E-state index is 0.208. The number of rotatable bonds is 2. The molecule has 6 heteroatoms. The van der Waals surface area contributed by atoms with E-state index in [1.165, 1.54) is 17.8 Å². The van der Waals surface area contributed by atoms with E-state index in [1.807, 2.05) is 30.3 Å². The van der Waals surface area contributed by atoms with Crippen LogP contribution in [0.3, 0.4) is 0 Å². The van der Waals surface area contributed by atoms with Crippen LogP contribution in [0, 0.1) is 5.82 Å². The first-order valence-electron chi connectivity index (χ1n) is 6.41. The van der Waals surface area contributed by atoms with E-state index < -0.39 is 0 Å². The van der Waals surface area contributed by atoms with Gasteiger partial charge in [0.25, 0.3) is 5.91 Å². The third-order valence-corrected chi connectivity index (χ3v) is 4.40. The van der Waals surface area contributed by atoms with Gasteiger partial charge < -0.3 is 5.32 Å². The fourth-order valence-electron chi connectivity index (χ4n) is 1.85. The van der Waals surface area contributed by atoms with Crippen LogP contribution in [0.4, 0.5) is 10.1 Å². The molecule has 1 aliphatic rings. The van der Waals surface area contributed by atoms with Crippen LogP contribution in [0.1, 0.15) is 5.56 Å². The number of carbonyl (C=O) groups is 1. The van der Waals surface area contributed by atoms with Crippen LogP contribution >= 0.6 is 27.7 Å². The zero-order valence-electron chi connectivity index (χ0n) is 11.2. The fourth-order valence-corrected chi connectivity index (χ4v) is 3.09. The predicted octanol–water partition coefficient (Wildman–Crippen LogP) is 4.48. The van der Waals surface area contributed by atoms with Gasteiger partial charge in [0.05, 0.1) is 15.1 Å². The molecule has 3 rings (SSSR count). The first-order valence-corrected chi connectivity index (χ1v) is 8.02. The van der Waals surface area contributed by atoms with Crippen molar-refractivity contribution in [1.82, 2.24) is 5.32 Å². The van der Waals surface area contributed by atoms with Gasteiger partial charge in [0.2, 0.25) is 0 Å². The highest BCUT2D eigenvalue weighted by Gasteiger charge is 2.23. The maximum atomic E-state index is 13.2. The van der Waals surface area contributed by atoms with Gasteiger partial charge in [-0.05, 0) is 63.6 Å². The van der Waals surface area contributed by atoms with Crippen molar-refractivity contribution in [2.24, 2.45) is 4.99 Å². The molecule has 1 amide bonds. The zero-order chi connectivity index (χ0) is 15.5. The first kappa shape index (κ1) is 15.0. The van der Waals surface area contributed by atoms with E-state index in [-0.39, 0.29) is 11.7 Å². The molecule has 0 atom stereocenters. The van der Waals surface area contributed by atoms with Gasteiger partial charge >= 0.3 is 0 Å². The molecular formula is C16H10BrFN2OS. The molecule has 0 aliphatic carbocycles. The highest BCUT2D eigenvalue weighted by Crippen LogP contribution is 2.28. The van der Waals surface area contributed by atoms with Crippen molar-refractivity contribution in [2.75, 3.05) is 0 Å². The molecule has 22 heavy (non-hydrogen) atoms. The molecule has 2 aromatic carbocycles. The van der Waals surface area contributed by atoms with E-state index in [2.05, 4.69) is 26.2 Å². The lowest BCUT2D eigenvalue weighted by Crippen LogP contribution is -2.19. The normalized spacial score (nSPS) is 18.0. The second-order valence-electron chi connectivity index (χ2n) is 4.49. The number of amides is 1. The minimum Gasteiger partial charge on any atom is -0.300 e. The van der Waals surface area contributed by atoms with Crippen molar-refractivity contribution in [3.63, 3.8) is 0 Å². The Hall–Kier alpha value is -1.92. The third kappa shape index (κ3) is 3.45. The summed E-state index contributed by atoms with van der Waals surface area (Å²) in [6.07, 6.45) is 1.71. The van der Waals surface area contributed by atoms with Crippen LogP contribution in [0.5, 0.6) is 0 Å². The molecule has 1 saturated heterocycles. The zero-order valence-corrected chi connectivity index (χ0v) is 13.6. The molecule has 2 aromatic rings. The lowest BCUT2D eigenvalue weighted by Gasteiger charge is -1.97. The van der Waals surface area contributed by atoms with Crippen molar-refractivity contribution in [1.29, 1.82) is 0 Å². The van der Waals surface area contributed by atoms with Gasteiger partial charge in [0, 0.05) is 0 Å². The highest BCUT2D eigenvalue weighted by atomic mass is 79.9. The summed E-state index contributed by atoms with van der Waals surface area (Å²) < 4.78 is 13.6. The summed E-state index contributed by atoms with van der Waals surface area (Å²) in [5.41, 5.74) is 1.52. The number of hydrogen-bond donors (Lipinski definition) is 1. The Labute approximate surface area is 139 Å². The third-order valence-electron chi connectivity index (χ3n) is 2.88. The van der Waals surface area contributed by atoms with Gasteiger partial charge in [-0.15, -0.1) is 0 Å². The maximum absolute atomic E-state index is 13.2. The molecule has 110 valence electrons. The smallest absolute Gasteiger partial charge is 0.264 e. The number of halogens is 2. The number of thioether (sulfide) groups is 1. The van der Waals surface area contributed by atoms with Gasteiger partial charge in [-0.1, -0.05) is 24.3 Å². The number of para-hydroxylation sites is 1. The van der Waals surface area contributed by atoms with E-state index in [9.17, 15) is 9.18 Å². The highest BCUT2D eigenvalue weighted by molar-refractivity contribution is 9.10. The first-order chi connectivity index (χ1) is 10.6. The monoisotopic (exact) mass is 376 g/mol. The molecule has 1 aliphatic heterocycles. The summed E-state index contributed by atoms with van der Waals surface area (Å²) in [6, 6.07) is 14.0. The van der Waals surface area contributed by atoms with E-state index in [4.69, 9.17) is 0 Å². The molecule has 1 N–H and O–H groups in total. The van der Waals surface area contributed by atoms with Crippen molar-refractivity contribution in [3.05, 3.63) is 69.3 Å². The van der Waals surface area contributed by atoms with Crippen LogP contribution < -0.4 is 5.32 Å². The lowest BCUT2D eigenvalue weighted by molar-refractivity contribution is -0.115. The minimum atomic E-state index is -0.336. The van der Waals surface area contributed by atoms with E-state index in [0.29, 0.717) is 14.5 Å². The van der Waals surface area contributed by atoms with Gasteiger partial charge in [-0.25, -0.2) is 9.38 Å². The van der Waals surface area contributed by atoms with Crippen molar-refractivity contribution < 1.29 is 9.18 Å². The molecule has 0 bridgehead atoms. The number of carbonyl (C=O) groups excluding carboxylic acids is 1. The Morgan fingerprint density at radius 2 is 1.95 bits per heavy atom. The Bertz CT molecular complexity index is 790. The SMILES string of the molecule is O=C1NC(=Nc2ccccc2)SC1=Cc1ccc(F)c(Br)c1. The molecule has 3 nitrogen and oxygen atoms in total. The largest absolute Gasteiger partial charge is 0.300 e. The average molecular weight is 377 g/mol. The van der Waals surface area contributed by atoms with Gasteiger partial charge in [0.15, 0.2) is 5.17 Å². The molecule has 0 unspecified atom stereocenters. The van der Waals surface area contributed by atoms with Crippen LogP contribution in [0.25, 0.3) is 6.08 Å². The summed E-state index contributed by atoms with van der Waals surface area (Å²) in [4.78, 5) is 16.9. The molecule has 0 saturated carbocycles. The lowest BCUT2D eigenvalue weighted by atomic mass is 10.2. The number of hydrogen-bond acceptors (Lipinski definition) is 3. The number of aliphatic imine (C=N–C) groups is 1. The van der Waals surface area contributed by atoms with Gasteiger partial charge in [0.1, 0.15) is 5.82 Å². The number of benzene rings is 2. The van der Waals surface area contributed by atoms with Crippen LogP contribution in [0.15, 0.2) is 62.9 Å². The summed E-state index contributed by atoms with van der Waals surface area (Å²) in [7, 11) is 0. The second kappa shape index (κ2) is 6.46. The Morgan fingerprint density at radius 1 is 1.18 bits per heavy atom. The van der Waals surface area contributed by atoms with E-state index in [1.54, 1.807) is 18.2 Å². The van der Waals surface area contributed by atoms with Crippen molar-refractivity contribution in [2.45, 2.75) is 0 Å². The molecule has 1 fully saturated rings. The van der Waals surface area contributed by atoms with E-state index in [0.717, 1.165) is 11.3 Å². The fraction of sp³-hybridized carbons (Fsp3) is 0. The number of nitrogens with one attached hydrogen (secondary N) is 1. The van der Waals surface area contributed by atoms with Crippen LogP contribution in [0.2, 0.25) is 0 Å². The quantitative estimate of drug-likeness (QED) is 0.785. The van der Waals surface area contributed by atoms with Crippen LogP contribution in [-0.4, -0.2) is 11.1 Å². The Kier molecular flexibility index (Phi) is 4.40. The molecule has 1 heterocycles. The number of nitrogens with zero attached hydrogens (tertiary/aromatic N) is 1. The molecule has 0 radical (unpaired) electrons. The predicted molar refractivity (Wildman–Crippen MR) is 91.3 cm³/mol. The van der Waals surface area contributed by atoms with Crippen LogP contribution in [-0.2, 0) is 4.79 Å². The topological polar surface area (TPSA) is 41.5 Å². The average Bonchev–Trinajstić information content (AvgIpc) is 2.84. The summed E-state index contributed by atoms with van der Waals surface area (Å²) in [5, 5.41) is 3.25. The molecule has 0 spiro atoms. The van der Waals surface area contributed by atoms with Gasteiger partial charge in [-0.3, -0.25) is 4.79 Å². The molecule has 0 aromatic heterocycles. The van der Waals surface area contributed by atoms with Gasteiger partial charge in [-0.2, -0.15) is 0 Å². The summed E-state index contributed by atoms with van der Waals surface area (Å²) in [5.74, 6) is -0.544. The van der Waals surface area contributed by atoms with Crippen molar-refractivity contribution >= 4 is 50.5 Å². The summed E-state index contributed by atoms with van der Waals surface area (Å²) in [6.45, 7) is 0. The second-order valence-corrected chi connectivity index (χ2v) is 6.38. The number of amidine groups is 1. The Balaban J connectivity index is 1.84. The Morgan fingerprint density at radius 3 is 2.68 bits per heavy atom.